The van der Waals surface area contributed by atoms with Crippen molar-refractivity contribution in [2.45, 2.75) is 52.1 Å². The summed E-state index contributed by atoms with van der Waals surface area (Å²) in [6, 6.07) is 1.27. The first-order valence-electron chi connectivity index (χ1n) is 7.05. The molecule has 1 unspecified atom stereocenters. The first-order chi connectivity index (χ1) is 8.46. The van der Waals surface area contributed by atoms with Crippen LogP contribution in [0.2, 0.25) is 0 Å². The minimum Gasteiger partial charge on any atom is -0.343 e. The topological polar surface area (TPSA) is 32.3 Å². The number of thioether (sulfide) groups is 1. The lowest BCUT2D eigenvalue weighted by atomic mass is 9.87. The molecular formula is C14H26N2OS. The molecule has 2 rings (SSSR count). The minimum absolute atomic E-state index is 0.225. The molecule has 1 amide bonds. The molecule has 0 aromatic rings. The van der Waals surface area contributed by atoms with E-state index in [0.717, 1.165) is 25.9 Å². The first-order valence-corrected chi connectivity index (χ1v) is 8.21. The quantitative estimate of drug-likeness (QED) is 0.834. The van der Waals surface area contributed by atoms with Crippen LogP contribution in [0.5, 0.6) is 0 Å². The Kier molecular flexibility index (Phi) is 4.59. The standard InChI is InChI=1S/C14H26N2OS/c1-11(17)16-6-4-12(5-7-16)15-13-8-14(2,3)10-18-9-13/h12-13,15H,4-10H2,1-3H3. The van der Waals surface area contributed by atoms with Crippen molar-refractivity contribution in [2.75, 3.05) is 24.6 Å². The highest BCUT2D eigenvalue weighted by Crippen LogP contribution is 2.33. The van der Waals surface area contributed by atoms with Gasteiger partial charge in [-0.25, -0.2) is 0 Å². The summed E-state index contributed by atoms with van der Waals surface area (Å²) in [6.45, 7) is 8.26. The molecule has 0 spiro atoms. The second kappa shape index (κ2) is 5.83. The number of nitrogens with one attached hydrogen (secondary N) is 1. The Morgan fingerprint density at radius 1 is 1.28 bits per heavy atom. The molecule has 2 aliphatic heterocycles. The Balaban J connectivity index is 1.76. The fraction of sp³-hybridized carbons (Fsp3) is 0.929. The fourth-order valence-electron chi connectivity index (χ4n) is 3.06. The van der Waals surface area contributed by atoms with Gasteiger partial charge in [0.1, 0.15) is 0 Å². The van der Waals surface area contributed by atoms with E-state index < -0.39 is 0 Å². The molecule has 0 saturated carbocycles. The predicted molar refractivity (Wildman–Crippen MR) is 77.9 cm³/mol. The molecule has 2 saturated heterocycles. The first kappa shape index (κ1) is 14.2. The maximum absolute atomic E-state index is 11.3. The summed E-state index contributed by atoms with van der Waals surface area (Å²) < 4.78 is 0. The SMILES string of the molecule is CC(=O)N1CCC(NC2CSCC(C)(C)C2)CC1. The van der Waals surface area contributed by atoms with E-state index >= 15 is 0 Å². The number of carbonyl (C=O) groups excluding carboxylic acids is 1. The smallest absolute Gasteiger partial charge is 0.219 e. The number of hydrogen-bond donors (Lipinski definition) is 1. The van der Waals surface area contributed by atoms with Crippen LogP contribution in [0.25, 0.3) is 0 Å². The Bertz CT molecular complexity index is 298. The van der Waals surface area contributed by atoms with E-state index in [1.54, 1.807) is 6.92 Å². The van der Waals surface area contributed by atoms with Gasteiger partial charge in [-0.2, -0.15) is 11.8 Å². The maximum atomic E-state index is 11.3. The summed E-state index contributed by atoms with van der Waals surface area (Å²) in [5.74, 6) is 2.76. The molecular weight excluding hydrogens is 244 g/mol. The number of amides is 1. The molecule has 0 aliphatic carbocycles. The third-order valence-corrected chi connectivity index (χ3v) is 5.65. The summed E-state index contributed by atoms with van der Waals surface area (Å²) >= 11 is 2.08. The second-order valence-electron chi connectivity index (χ2n) is 6.53. The summed E-state index contributed by atoms with van der Waals surface area (Å²) in [5, 5.41) is 3.81. The molecule has 4 heteroatoms. The second-order valence-corrected chi connectivity index (χ2v) is 7.56. The molecule has 2 fully saturated rings. The average molecular weight is 270 g/mol. The molecule has 104 valence electrons. The zero-order valence-electron chi connectivity index (χ0n) is 11.9. The van der Waals surface area contributed by atoms with Crippen molar-refractivity contribution < 1.29 is 4.79 Å². The van der Waals surface area contributed by atoms with E-state index in [4.69, 9.17) is 0 Å². The van der Waals surface area contributed by atoms with Gasteiger partial charge in [0.05, 0.1) is 0 Å². The van der Waals surface area contributed by atoms with Gasteiger partial charge in [-0.1, -0.05) is 13.8 Å². The van der Waals surface area contributed by atoms with Gasteiger partial charge in [-0.05, 0) is 30.4 Å². The highest BCUT2D eigenvalue weighted by Gasteiger charge is 2.30. The summed E-state index contributed by atoms with van der Waals surface area (Å²) in [6.07, 6.45) is 3.51. The van der Waals surface area contributed by atoms with E-state index in [-0.39, 0.29) is 5.91 Å². The molecule has 1 atom stereocenters. The molecule has 0 radical (unpaired) electrons. The third-order valence-electron chi connectivity index (χ3n) is 4.02. The normalized spacial score (nSPS) is 29.3. The van der Waals surface area contributed by atoms with Crippen LogP contribution >= 0.6 is 11.8 Å². The van der Waals surface area contributed by atoms with E-state index in [1.807, 2.05) is 4.90 Å². The molecule has 0 bridgehead atoms. The average Bonchev–Trinajstić information content (AvgIpc) is 2.28. The molecule has 2 aliphatic rings. The lowest BCUT2D eigenvalue weighted by Gasteiger charge is -2.39. The van der Waals surface area contributed by atoms with E-state index in [2.05, 4.69) is 30.9 Å². The summed E-state index contributed by atoms with van der Waals surface area (Å²) in [4.78, 5) is 13.3. The highest BCUT2D eigenvalue weighted by atomic mass is 32.2. The molecule has 18 heavy (non-hydrogen) atoms. The minimum atomic E-state index is 0.225. The van der Waals surface area contributed by atoms with Crippen LogP contribution in [-0.2, 0) is 4.79 Å². The Morgan fingerprint density at radius 3 is 2.50 bits per heavy atom. The van der Waals surface area contributed by atoms with Crippen LogP contribution in [0.4, 0.5) is 0 Å². The van der Waals surface area contributed by atoms with Crippen LogP contribution in [0, 0.1) is 5.41 Å². The summed E-state index contributed by atoms with van der Waals surface area (Å²) in [7, 11) is 0. The van der Waals surface area contributed by atoms with E-state index in [9.17, 15) is 4.79 Å². The molecule has 3 nitrogen and oxygen atoms in total. The van der Waals surface area contributed by atoms with Crippen molar-refractivity contribution in [1.29, 1.82) is 0 Å². The summed E-state index contributed by atoms with van der Waals surface area (Å²) in [5.41, 5.74) is 0.473. The van der Waals surface area contributed by atoms with Gasteiger partial charge in [0.25, 0.3) is 0 Å². The van der Waals surface area contributed by atoms with Crippen molar-refractivity contribution in [3.8, 4) is 0 Å². The number of piperidine rings is 1. The Hall–Kier alpha value is -0.220. The highest BCUT2D eigenvalue weighted by molar-refractivity contribution is 7.99. The van der Waals surface area contributed by atoms with Crippen LogP contribution < -0.4 is 5.32 Å². The molecule has 0 aromatic heterocycles. The number of hydrogen-bond acceptors (Lipinski definition) is 3. The Labute approximate surface area is 115 Å². The van der Waals surface area contributed by atoms with Crippen LogP contribution in [0.1, 0.15) is 40.0 Å². The monoisotopic (exact) mass is 270 g/mol. The lowest BCUT2D eigenvalue weighted by molar-refractivity contribution is -0.129. The van der Waals surface area contributed by atoms with Gasteiger partial charge in [-0.15, -0.1) is 0 Å². The van der Waals surface area contributed by atoms with Crippen LogP contribution in [0.15, 0.2) is 0 Å². The largest absolute Gasteiger partial charge is 0.343 e. The van der Waals surface area contributed by atoms with Crippen molar-refractivity contribution in [3.63, 3.8) is 0 Å². The van der Waals surface area contributed by atoms with Crippen molar-refractivity contribution in [1.82, 2.24) is 10.2 Å². The van der Waals surface area contributed by atoms with Gasteiger partial charge in [0.15, 0.2) is 0 Å². The van der Waals surface area contributed by atoms with Crippen molar-refractivity contribution in [3.05, 3.63) is 0 Å². The van der Waals surface area contributed by atoms with Crippen molar-refractivity contribution >= 4 is 17.7 Å². The van der Waals surface area contributed by atoms with Gasteiger partial charge in [-0.3, -0.25) is 4.79 Å². The third kappa shape index (κ3) is 3.89. The van der Waals surface area contributed by atoms with Crippen LogP contribution in [0.3, 0.4) is 0 Å². The van der Waals surface area contributed by atoms with Gasteiger partial charge >= 0.3 is 0 Å². The maximum Gasteiger partial charge on any atom is 0.219 e. The van der Waals surface area contributed by atoms with Crippen molar-refractivity contribution in [2.24, 2.45) is 5.41 Å². The predicted octanol–water partition coefficient (Wildman–Crippen LogP) is 2.12. The van der Waals surface area contributed by atoms with Gasteiger partial charge in [0, 0.05) is 37.8 Å². The zero-order valence-corrected chi connectivity index (χ0v) is 12.7. The zero-order chi connectivity index (χ0) is 13.2. The van der Waals surface area contributed by atoms with E-state index in [1.165, 1.54) is 17.9 Å². The lowest BCUT2D eigenvalue weighted by Crippen LogP contribution is -2.50. The number of nitrogens with zero attached hydrogens (tertiary/aromatic N) is 1. The fourth-order valence-corrected chi connectivity index (χ4v) is 4.35. The number of likely N-dealkylation sites (tertiary alicyclic amines) is 1. The molecule has 2 heterocycles. The van der Waals surface area contributed by atoms with Gasteiger partial charge < -0.3 is 10.2 Å². The number of carbonyl (C=O) groups is 1. The van der Waals surface area contributed by atoms with Crippen LogP contribution in [-0.4, -0.2) is 47.5 Å². The number of rotatable bonds is 2. The van der Waals surface area contributed by atoms with Gasteiger partial charge in [0.2, 0.25) is 5.91 Å². The molecule has 1 N–H and O–H groups in total. The van der Waals surface area contributed by atoms with E-state index in [0.29, 0.717) is 17.5 Å². The Morgan fingerprint density at radius 2 is 1.94 bits per heavy atom. The molecule has 0 aromatic carbocycles.